The van der Waals surface area contributed by atoms with Gasteiger partial charge in [0.15, 0.2) is 0 Å². The Morgan fingerprint density at radius 3 is 2.17 bits per heavy atom. The van der Waals surface area contributed by atoms with Gasteiger partial charge in [-0.3, -0.25) is 9.35 Å². The van der Waals surface area contributed by atoms with Crippen LogP contribution in [0.1, 0.15) is 20.3 Å². The molecule has 0 aromatic heterocycles. The molecule has 0 bridgehead atoms. The summed E-state index contributed by atoms with van der Waals surface area (Å²) in [5.41, 5.74) is 4.09. The van der Waals surface area contributed by atoms with Gasteiger partial charge in [0.1, 0.15) is 0 Å². The van der Waals surface area contributed by atoms with Crippen molar-refractivity contribution in [1.82, 2.24) is 0 Å². The Hall–Kier alpha value is -0.620. The summed E-state index contributed by atoms with van der Waals surface area (Å²) in [7, 11) is -4.00. The Bertz CT molecular complexity index is 267. The van der Waals surface area contributed by atoms with Gasteiger partial charge in [-0.05, 0) is 6.42 Å². The van der Waals surface area contributed by atoms with Crippen molar-refractivity contribution >= 4 is 16.0 Å². The molecule has 1 amide bonds. The van der Waals surface area contributed by atoms with E-state index in [0.29, 0.717) is 0 Å². The molecule has 3 N–H and O–H groups in total. The van der Waals surface area contributed by atoms with Gasteiger partial charge in [-0.1, -0.05) is 13.8 Å². The SMILES string of the molecule is CC(C)(CCS(=O)(=O)O)C(N)=O. The summed E-state index contributed by atoms with van der Waals surface area (Å²) >= 11 is 0. The normalized spacial score (nSPS) is 12.9. The minimum Gasteiger partial charge on any atom is -0.369 e. The van der Waals surface area contributed by atoms with E-state index in [-0.39, 0.29) is 6.42 Å². The second kappa shape index (κ2) is 3.40. The summed E-state index contributed by atoms with van der Waals surface area (Å²) in [4.78, 5) is 10.7. The summed E-state index contributed by atoms with van der Waals surface area (Å²) in [6, 6.07) is 0. The van der Waals surface area contributed by atoms with E-state index < -0.39 is 27.2 Å². The molecule has 0 aromatic carbocycles. The van der Waals surface area contributed by atoms with Crippen LogP contribution in [0.4, 0.5) is 0 Å². The van der Waals surface area contributed by atoms with E-state index in [1.165, 1.54) is 13.8 Å². The molecule has 0 heterocycles. The first-order chi connectivity index (χ1) is 5.15. The molecule has 0 saturated carbocycles. The zero-order valence-corrected chi connectivity index (χ0v) is 7.89. The van der Waals surface area contributed by atoms with Crippen LogP contribution in [0.5, 0.6) is 0 Å². The Balaban J connectivity index is 4.20. The van der Waals surface area contributed by atoms with E-state index in [1.807, 2.05) is 0 Å². The molecule has 0 aliphatic rings. The van der Waals surface area contributed by atoms with Crippen LogP contribution >= 0.6 is 0 Å². The summed E-state index contributed by atoms with van der Waals surface area (Å²) in [5, 5.41) is 0. The molecule has 6 heteroatoms. The molecule has 0 radical (unpaired) electrons. The highest BCUT2D eigenvalue weighted by molar-refractivity contribution is 7.85. The minimum atomic E-state index is -4.00. The standard InChI is InChI=1S/C6H13NO4S/c1-6(2,5(7)8)3-4-12(9,10)11/h3-4H2,1-2H3,(H2,7,8)(H,9,10,11). The van der Waals surface area contributed by atoms with Gasteiger partial charge < -0.3 is 5.73 Å². The van der Waals surface area contributed by atoms with Crippen LogP contribution < -0.4 is 5.73 Å². The van der Waals surface area contributed by atoms with E-state index in [1.54, 1.807) is 0 Å². The lowest BCUT2D eigenvalue weighted by Crippen LogP contribution is -2.33. The van der Waals surface area contributed by atoms with Gasteiger partial charge in [0.2, 0.25) is 5.91 Å². The molecule has 0 spiro atoms. The average molecular weight is 195 g/mol. The highest BCUT2D eigenvalue weighted by Crippen LogP contribution is 2.19. The fourth-order valence-corrected chi connectivity index (χ4v) is 1.28. The van der Waals surface area contributed by atoms with Gasteiger partial charge in [-0.25, -0.2) is 0 Å². The van der Waals surface area contributed by atoms with Crippen LogP contribution in [0.25, 0.3) is 0 Å². The Kier molecular flexibility index (Phi) is 3.23. The van der Waals surface area contributed by atoms with Gasteiger partial charge in [-0.15, -0.1) is 0 Å². The molecule has 0 aromatic rings. The number of carbonyl (C=O) groups is 1. The fourth-order valence-electron chi connectivity index (χ4n) is 0.507. The largest absolute Gasteiger partial charge is 0.369 e. The summed E-state index contributed by atoms with van der Waals surface area (Å²) < 4.78 is 29.0. The summed E-state index contributed by atoms with van der Waals surface area (Å²) in [5.74, 6) is -1.02. The third kappa shape index (κ3) is 4.30. The van der Waals surface area contributed by atoms with Crippen molar-refractivity contribution in [3.05, 3.63) is 0 Å². The van der Waals surface area contributed by atoms with Crippen LogP contribution in [0.15, 0.2) is 0 Å². The maximum Gasteiger partial charge on any atom is 0.264 e. The molecular formula is C6H13NO4S. The number of primary amides is 1. The van der Waals surface area contributed by atoms with E-state index >= 15 is 0 Å². The molecule has 0 saturated heterocycles. The third-order valence-electron chi connectivity index (χ3n) is 1.65. The van der Waals surface area contributed by atoms with Crippen molar-refractivity contribution in [3.8, 4) is 0 Å². The number of hydrogen-bond acceptors (Lipinski definition) is 3. The second-order valence-electron chi connectivity index (χ2n) is 3.28. The van der Waals surface area contributed by atoms with Crippen molar-refractivity contribution < 1.29 is 17.8 Å². The predicted molar refractivity (Wildman–Crippen MR) is 44.0 cm³/mol. The summed E-state index contributed by atoms with van der Waals surface area (Å²) in [6.07, 6.45) is 0.0289. The Morgan fingerprint density at radius 2 is 1.92 bits per heavy atom. The smallest absolute Gasteiger partial charge is 0.264 e. The Morgan fingerprint density at radius 1 is 1.50 bits per heavy atom. The number of rotatable bonds is 4. The van der Waals surface area contributed by atoms with Crippen molar-refractivity contribution in [1.29, 1.82) is 0 Å². The molecule has 0 unspecified atom stereocenters. The Labute approximate surface area is 71.7 Å². The highest BCUT2D eigenvalue weighted by Gasteiger charge is 2.26. The molecular weight excluding hydrogens is 182 g/mol. The maximum absolute atomic E-state index is 10.7. The molecule has 0 fully saturated rings. The first-order valence-electron chi connectivity index (χ1n) is 3.40. The van der Waals surface area contributed by atoms with Gasteiger partial charge >= 0.3 is 0 Å². The quantitative estimate of drug-likeness (QED) is 0.606. The van der Waals surface area contributed by atoms with E-state index in [2.05, 4.69) is 0 Å². The third-order valence-corrected chi connectivity index (χ3v) is 2.37. The highest BCUT2D eigenvalue weighted by atomic mass is 32.2. The van der Waals surface area contributed by atoms with Gasteiger partial charge in [-0.2, -0.15) is 8.42 Å². The lowest BCUT2D eigenvalue weighted by Gasteiger charge is -2.18. The average Bonchev–Trinajstić information content (AvgIpc) is 1.82. The van der Waals surface area contributed by atoms with Crippen LogP contribution in [0, 0.1) is 5.41 Å². The van der Waals surface area contributed by atoms with Gasteiger partial charge in [0.05, 0.1) is 5.75 Å². The summed E-state index contributed by atoms with van der Waals surface area (Å²) in [6.45, 7) is 3.06. The number of amides is 1. The van der Waals surface area contributed by atoms with Crippen LogP contribution in [0.2, 0.25) is 0 Å². The molecule has 72 valence electrons. The first-order valence-corrected chi connectivity index (χ1v) is 5.01. The molecule has 0 aliphatic carbocycles. The zero-order valence-electron chi connectivity index (χ0n) is 7.07. The van der Waals surface area contributed by atoms with Crippen molar-refractivity contribution in [2.45, 2.75) is 20.3 Å². The zero-order chi connectivity index (χ0) is 9.99. The lowest BCUT2D eigenvalue weighted by molar-refractivity contribution is -0.126. The van der Waals surface area contributed by atoms with Crippen molar-refractivity contribution in [2.75, 3.05) is 5.75 Å². The van der Waals surface area contributed by atoms with E-state index in [0.717, 1.165) is 0 Å². The molecule has 0 rings (SSSR count). The topological polar surface area (TPSA) is 97.5 Å². The number of nitrogens with two attached hydrogens (primary N) is 1. The van der Waals surface area contributed by atoms with Crippen LogP contribution in [0.3, 0.4) is 0 Å². The lowest BCUT2D eigenvalue weighted by atomic mass is 9.90. The van der Waals surface area contributed by atoms with E-state index in [9.17, 15) is 13.2 Å². The van der Waals surface area contributed by atoms with Gasteiger partial charge in [0, 0.05) is 5.41 Å². The predicted octanol–water partition coefficient (Wildman–Crippen LogP) is -0.224. The second-order valence-corrected chi connectivity index (χ2v) is 4.86. The molecule has 0 aliphatic heterocycles. The van der Waals surface area contributed by atoms with Crippen LogP contribution in [-0.4, -0.2) is 24.6 Å². The van der Waals surface area contributed by atoms with Gasteiger partial charge in [0.25, 0.3) is 10.1 Å². The van der Waals surface area contributed by atoms with Crippen molar-refractivity contribution in [2.24, 2.45) is 11.1 Å². The monoisotopic (exact) mass is 195 g/mol. The maximum atomic E-state index is 10.7. The minimum absolute atomic E-state index is 0.0289. The van der Waals surface area contributed by atoms with E-state index in [4.69, 9.17) is 10.3 Å². The molecule has 5 nitrogen and oxygen atoms in total. The molecule has 12 heavy (non-hydrogen) atoms. The number of carbonyl (C=O) groups excluding carboxylic acids is 1. The first kappa shape index (κ1) is 11.4. The van der Waals surface area contributed by atoms with Crippen LogP contribution in [-0.2, 0) is 14.9 Å². The molecule has 0 atom stereocenters. The van der Waals surface area contributed by atoms with Crippen molar-refractivity contribution in [3.63, 3.8) is 0 Å². The fraction of sp³-hybridized carbons (Fsp3) is 0.833. The number of hydrogen-bond donors (Lipinski definition) is 2.